The maximum atomic E-state index is 14.1. The molecular weight excluding hydrogens is 359 g/mol. The minimum atomic E-state index is -0.653. The summed E-state index contributed by atoms with van der Waals surface area (Å²) in [5.74, 6) is 1.07. The molecule has 0 amide bonds. The van der Waals surface area contributed by atoms with Crippen molar-refractivity contribution in [3.8, 4) is 11.5 Å². The van der Waals surface area contributed by atoms with Gasteiger partial charge >= 0.3 is 0 Å². The zero-order chi connectivity index (χ0) is 19.7. The number of halogens is 1. The van der Waals surface area contributed by atoms with Crippen molar-refractivity contribution < 1.29 is 19.0 Å². The van der Waals surface area contributed by atoms with Crippen molar-refractivity contribution in [3.05, 3.63) is 59.4 Å². The topological polar surface area (TPSA) is 45.2 Å². The molecule has 2 aromatic carbocycles. The average molecular weight is 384 g/mol. The quantitative estimate of drug-likeness (QED) is 0.878. The molecule has 5 nitrogen and oxygen atoms in total. The van der Waals surface area contributed by atoms with Crippen LogP contribution in [-0.4, -0.2) is 56.4 Å². The Balaban J connectivity index is 1.50. The van der Waals surface area contributed by atoms with E-state index in [1.54, 1.807) is 20.3 Å². The van der Waals surface area contributed by atoms with E-state index in [0.717, 1.165) is 37.3 Å². The number of ether oxygens (including phenoxy) is 2. The third-order valence-corrected chi connectivity index (χ3v) is 5.63. The first kappa shape index (κ1) is 18.8. The third kappa shape index (κ3) is 3.34. The summed E-state index contributed by atoms with van der Waals surface area (Å²) in [4.78, 5) is 4.31. The van der Waals surface area contributed by atoms with Crippen molar-refractivity contribution in [2.75, 3.05) is 45.3 Å². The van der Waals surface area contributed by atoms with Crippen LogP contribution in [0.3, 0.4) is 0 Å². The van der Waals surface area contributed by atoms with E-state index in [-0.39, 0.29) is 11.9 Å². The number of rotatable bonds is 4. The number of hydrogen-bond acceptors (Lipinski definition) is 5. The Morgan fingerprint density at radius 1 is 1.00 bits per heavy atom. The van der Waals surface area contributed by atoms with Gasteiger partial charge in [0.15, 0.2) is 11.5 Å². The number of piperazine rings is 1. The molecule has 1 fully saturated rings. The van der Waals surface area contributed by atoms with Crippen LogP contribution in [0, 0.1) is 5.82 Å². The number of aliphatic hydroxyl groups excluding tert-OH is 1. The first-order valence-corrected chi connectivity index (χ1v) is 9.48. The highest BCUT2D eigenvalue weighted by Gasteiger charge is 2.32. The van der Waals surface area contributed by atoms with Crippen LogP contribution in [0.1, 0.15) is 17.2 Å². The van der Waals surface area contributed by atoms with Crippen molar-refractivity contribution in [2.45, 2.75) is 12.1 Å². The molecule has 1 saturated heterocycles. The second kappa shape index (κ2) is 7.81. The number of para-hydroxylation sites is 1. The summed E-state index contributed by atoms with van der Waals surface area (Å²) < 4.78 is 24.8. The number of benzene rings is 2. The van der Waals surface area contributed by atoms with E-state index in [1.807, 2.05) is 36.4 Å². The minimum absolute atomic E-state index is 0.117. The molecule has 6 heteroatoms. The van der Waals surface area contributed by atoms with Gasteiger partial charge in [-0.3, -0.25) is 4.90 Å². The van der Waals surface area contributed by atoms with Gasteiger partial charge in [0.2, 0.25) is 0 Å². The van der Waals surface area contributed by atoms with Gasteiger partial charge in [0.05, 0.1) is 32.1 Å². The highest BCUT2D eigenvalue weighted by Crippen LogP contribution is 2.38. The Labute approximate surface area is 164 Å². The lowest BCUT2D eigenvalue weighted by molar-refractivity contribution is 0.0681. The Morgan fingerprint density at radius 3 is 2.36 bits per heavy atom. The van der Waals surface area contributed by atoms with Gasteiger partial charge in [-0.1, -0.05) is 24.3 Å². The van der Waals surface area contributed by atoms with Gasteiger partial charge in [0, 0.05) is 26.2 Å². The number of fused-ring (bicyclic) bond motifs is 1. The standard InChI is InChI=1S/C22H25FN2O3/c1-27-20-13-15-7-8-19(22(26)16(15)14-21(20)28-2)25-11-9-24(10-12-25)18-6-4-3-5-17(18)23/h3-8,13-14,19,22,26H,9-12H2,1-2H3/t19-,22-/m1/s1. The fourth-order valence-corrected chi connectivity index (χ4v) is 4.09. The van der Waals surface area contributed by atoms with Gasteiger partial charge < -0.3 is 19.5 Å². The van der Waals surface area contributed by atoms with E-state index < -0.39 is 6.10 Å². The molecule has 0 saturated carbocycles. The fourth-order valence-electron chi connectivity index (χ4n) is 4.09. The fraction of sp³-hybridized carbons (Fsp3) is 0.364. The Bertz CT molecular complexity index is 878. The van der Waals surface area contributed by atoms with Gasteiger partial charge in [-0.15, -0.1) is 0 Å². The second-order valence-electron chi connectivity index (χ2n) is 7.11. The van der Waals surface area contributed by atoms with Gasteiger partial charge in [-0.25, -0.2) is 4.39 Å². The van der Waals surface area contributed by atoms with Crippen molar-refractivity contribution in [1.29, 1.82) is 0 Å². The molecular formula is C22H25FN2O3. The number of hydrogen-bond donors (Lipinski definition) is 1. The number of aliphatic hydroxyl groups is 1. The molecule has 0 spiro atoms. The summed E-state index contributed by atoms with van der Waals surface area (Å²) in [6, 6.07) is 10.5. The summed E-state index contributed by atoms with van der Waals surface area (Å²) in [5, 5.41) is 11.0. The smallest absolute Gasteiger partial charge is 0.161 e. The van der Waals surface area contributed by atoms with E-state index in [9.17, 15) is 9.50 Å². The lowest BCUT2D eigenvalue weighted by Gasteiger charge is -2.42. The Morgan fingerprint density at radius 2 is 1.68 bits per heavy atom. The maximum absolute atomic E-state index is 14.1. The predicted molar refractivity (Wildman–Crippen MR) is 108 cm³/mol. The van der Waals surface area contributed by atoms with E-state index in [2.05, 4.69) is 9.80 Å². The zero-order valence-corrected chi connectivity index (χ0v) is 16.1. The lowest BCUT2D eigenvalue weighted by Crippen LogP contribution is -2.52. The molecule has 1 N–H and O–H groups in total. The van der Waals surface area contributed by atoms with Crippen molar-refractivity contribution in [3.63, 3.8) is 0 Å². The van der Waals surface area contributed by atoms with Crippen LogP contribution in [0.5, 0.6) is 11.5 Å². The van der Waals surface area contributed by atoms with E-state index in [4.69, 9.17) is 9.47 Å². The number of nitrogens with zero attached hydrogens (tertiary/aromatic N) is 2. The van der Waals surface area contributed by atoms with Crippen molar-refractivity contribution >= 4 is 11.8 Å². The molecule has 0 bridgehead atoms. The number of anilines is 1. The molecule has 4 rings (SSSR count). The van der Waals surface area contributed by atoms with Crippen LogP contribution in [0.15, 0.2) is 42.5 Å². The molecule has 1 heterocycles. The molecule has 0 unspecified atom stereocenters. The summed E-state index contributed by atoms with van der Waals surface area (Å²) in [7, 11) is 3.19. The first-order chi connectivity index (χ1) is 13.6. The molecule has 148 valence electrons. The van der Waals surface area contributed by atoms with Crippen molar-refractivity contribution in [2.24, 2.45) is 0 Å². The van der Waals surface area contributed by atoms with Gasteiger partial charge in [-0.2, -0.15) is 0 Å². The van der Waals surface area contributed by atoms with Crippen LogP contribution in [0.2, 0.25) is 0 Å². The molecule has 0 radical (unpaired) electrons. The van der Waals surface area contributed by atoms with Crippen molar-refractivity contribution in [1.82, 2.24) is 4.90 Å². The highest BCUT2D eigenvalue weighted by atomic mass is 19.1. The van der Waals surface area contributed by atoms with E-state index in [0.29, 0.717) is 17.2 Å². The average Bonchev–Trinajstić information content (AvgIpc) is 2.74. The van der Waals surface area contributed by atoms with E-state index >= 15 is 0 Å². The molecule has 2 aromatic rings. The summed E-state index contributed by atoms with van der Waals surface area (Å²) >= 11 is 0. The molecule has 1 aliphatic carbocycles. The lowest BCUT2D eigenvalue weighted by atomic mass is 9.89. The van der Waals surface area contributed by atoms with E-state index in [1.165, 1.54) is 6.07 Å². The Kier molecular flexibility index (Phi) is 5.24. The Hall–Kier alpha value is -2.57. The monoisotopic (exact) mass is 384 g/mol. The maximum Gasteiger partial charge on any atom is 0.161 e. The van der Waals surface area contributed by atoms with Gasteiger partial charge in [0.25, 0.3) is 0 Å². The van der Waals surface area contributed by atoms with Gasteiger partial charge in [0.1, 0.15) is 5.82 Å². The minimum Gasteiger partial charge on any atom is -0.493 e. The zero-order valence-electron chi connectivity index (χ0n) is 16.1. The summed E-state index contributed by atoms with van der Waals surface area (Å²) in [5.41, 5.74) is 2.41. The number of methoxy groups -OCH3 is 2. The molecule has 1 aliphatic heterocycles. The highest BCUT2D eigenvalue weighted by molar-refractivity contribution is 5.64. The largest absolute Gasteiger partial charge is 0.493 e. The van der Waals surface area contributed by atoms with Gasteiger partial charge in [-0.05, 0) is 35.4 Å². The summed E-state index contributed by atoms with van der Waals surface area (Å²) in [6.45, 7) is 2.94. The molecule has 28 heavy (non-hydrogen) atoms. The predicted octanol–water partition coefficient (Wildman–Crippen LogP) is 3.09. The summed E-state index contributed by atoms with van der Waals surface area (Å²) in [6.07, 6.45) is 3.41. The van der Waals surface area contributed by atoms with Crippen LogP contribution >= 0.6 is 0 Å². The molecule has 2 aliphatic rings. The normalized spacial score (nSPS) is 22.1. The van der Waals surface area contributed by atoms with Crippen LogP contribution < -0.4 is 14.4 Å². The molecule has 0 aromatic heterocycles. The van der Waals surface area contributed by atoms with Crippen LogP contribution in [0.25, 0.3) is 6.08 Å². The SMILES string of the molecule is COc1cc2c(cc1OC)[C@@H](O)[C@H](N1CCN(c3ccccc3F)CC1)C=C2. The van der Waals surface area contributed by atoms with Crippen LogP contribution in [0.4, 0.5) is 10.1 Å². The first-order valence-electron chi connectivity index (χ1n) is 9.48. The third-order valence-electron chi connectivity index (χ3n) is 5.63. The molecule has 2 atom stereocenters. The second-order valence-corrected chi connectivity index (χ2v) is 7.11. The van der Waals surface area contributed by atoms with Crippen LogP contribution in [-0.2, 0) is 0 Å².